The van der Waals surface area contributed by atoms with Gasteiger partial charge in [-0.3, -0.25) is 0 Å². The quantitative estimate of drug-likeness (QED) is 0.243. The Morgan fingerprint density at radius 2 is 1.12 bits per heavy atom. The Bertz CT molecular complexity index is 413. The number of esters is 2. The summed E-state index contributed by atoms with van der Waals surface area (Å²) in [5.74, 6) is -1.39. The van der Waals surface area contributed by atoms with Gasteiger partial charge in [-0.1, -0.05) is 13.2 Å². The van der Waals surface area contributed by atoms with Gasteiger partial charge in [-0.2, -0.15) is 0 Å². The summed E-state index contributed by atoms with van der Waals surface area (Å²) in [5.41, 5.74) is 0.336. The molecule has 138 valence electrons. The lowest BCUT2D eigenvalue weighted by atomic mass is 10.3. The third kappa shape index (κ3) is 8.78. The smallest absolute Gasteiger partial charge is 0.335 e. The molecule has 4 unspecified atom stereocenters. The maximum Gasteiger partial charge on any atom is 0.335 e. The molecule has 0 amide bonds. The highest BCUT2D eigenvalue weighted by molar-refractivity contribution is 5.87. The molecule has 0 radical (unpaired) electrons. The Morgan fingerprint density at radius 3 is 1.33 bits per heavy atom. The van der Waals surface area contributed by atoms with E-state index in [4.69, 9.17) is 18.9 Å². The molecule has 2 N–H and O–H groups in total. The van der Waals surface area contributed by atoms with Crippen molar-refractivity contribution < 1.29 is 38.7 Å². The zero-order valence-electron chi connectivity index (χ0n) is 14.5. The highest BCUT2D eigenvalue weighted by Crippen LogP contribution is 2.08. The number of ether oxygens (including phenoxy) is 4. The van der Waals surface area contributed by atoms with E-state index in [0.29, 0.717) is 0 Å². The van der Waals surface area contributed by atoms with Gasteiger partial charge in [-0.05, 0) is 27.7 Å². The number of aliphatic hydroxyl groups is 2. The lowest BCUT2D eigenvalue weighted by Gasteiger charge is -2.23. The van der Waals surface area contributed by atoms with Gasteiger partial charge in [-0.15, -0.1) is 0 Å². The van der Waals surface area contributed by atoms with Crippen LogP contribution in [0.1, 0.15) is 27.7 Å². The zero-order chi connectivity index (χ0) is 18.9. The van der Waals surface area contributed by atoms with Gasteiger partial charge in [0.2, 0.25) is 12.6 Å². The topological polar surface area (TPSA) is 112 Å². The van der Waals surface area contributed by atoms with Gasteiger partial charge in [0.15, 0.2) is 0 Å². The van der Waals surface area contributed by atoms with E-state index in [2.05, 4.69) is 13.2 Å². The molecule has 8 heteroatoms. The summed E-state index contributed by atoms with van der Waals surface area (Å²) in [7, 11) is 0. The molecule has 0 rings (SSSR count). The SMILES string of the molecule is C=C(C)C(=O)OC(OCCOC(OC(=O)C(=C)C)C(C)O)C(C)O. The molecule has 24 heavy (non-hydrogen) atoms. The summed E-state index contributed by atoms with van der Waals surface area (Å²) in [6, 6.07) is 0. The lowest BCUT2D eigenvalue weighted by Crippen LogP contribution is -2.35. The van der Waals surface area contributed by atoms with Crippen LogP contribution in [-0.4, -0.2) is 60.2 Å². The Hall–Kier alpha value is -1.74. The average Bonchev–Trinajstić information content (AvgIpc) is 2.47. The van der Waals surface area contributed by atoms with Crippen LogP contribution in [0.3, 0.4) is 0 Å². The van der Waals surface area contributed by atoms with Crippen molar-refractivity contribution in [1.82, 2.24) is 0 Å². The van der Waals surface area contributed by atoms with Gasteiger partial charge in [0, 0.05) is 11.1 Å². The van der Waals surface area contributed by atoms with E-state index in [1.807, 2.05) is 0 Å². The minimum atomic E-state index is -1.19. The number of carbonyl (C=O) groups excluding carboxylic acids is 2. The normalized spacial score (nSPS) is 15.8. The maximum atomic E-state index is 11.4. The highest BCUT2D eigenvalue weighted by Gasteiger charge is 2.23. The molecule has 0 heterocycles. The molecular weight excluding hydrogens is 320 g/mol. The second-order valence-electron chi connectivity index (χ2n) is 5.33. The van der Waals surface area contributed by atoms with E-state index in [1.54, 1.807) is 0 Å². The zero-order valence-corrected chi connectivity index (χ0v) is 14.5. The highest BCUT2D eigenvalue weighted by atomic mass is 16.7. The fraction of sp³-hybridized carbons (Fsp3) is 0.625. The summed E-state index contributed by atoms with van der Waals surface area (Å²) in [4.78, 5) is 22.9. The third-order valence-electron chi connectivity index (χ3n) is 2.58. The van der Waals surface area contributed by atoms with Crippen LogP contribution >= 0.6 is 0 Å². The lowest BCUT2D eigenvalue weighted by molar-refractivity contribution is -0.219. The molecule has 0 aromatic rings. The van der Waals surface area contributed by atoms with Crippen LogP contribution in [0.25, 0.3) is 0 Å². The maximum absolute atomic E-state index is 11.4. The first kappa shape index (κ1) is 22.3. The molecule has 4 atom stereocenters. The van der Waals surface area contributed by atoms with Gasteiger partial charge in [0.25, 0.3) is 0 Å². The largest absolute Gasteiger partial charge is 0.430 e. The van der Waals surface area contributed by atoms with Crippen LogP contribution < -0.4 is 0 Å². The van der Waals surface area contributed by atoms with Crippen molar-refractivity contribution >= 4 is 11.9 Å². The van der Waals surface area contributed by atoms with Crippen LogP contribution in [-0.2, 0) is 28.5 Å². The second kappa shape index (κ2) is 10.9. The predicted octanol–water partition coefficient (Wildman–Crippen LogP) is 0.672. The van der Waals surface area contributed by atoms with Crippen molar-refractivity contribution in [1.29, 1.82) is 0 Å². The van der Waals surface area contributed by atoms with Crippen LogP contribution in [0.2, 0.25) is 0 Å². The second-order valence-corrected chi connectivity index (χ2v) is 5.33. The minimum absolute atomic E-state index is 0.0765. The van der Waals surface area contributed by atoms with Crippen molar-refractivity contribution in [2.24, 2.45) is 0 Å². The van der Waals surface area contributed by atoms with E-state index in [-0.39, 0.29) is 24.4 Å². The molecule has 0 fully saturated rings. The van der Waals surface area contributed by atoms with Crippen molar-refractivity contribution in [2.75, 3.05) is 13.2 Å². The van der Waals surface area contributed by atoms with Gasteiger partial charge in [0.05, 0.1) is 13.2 Å². The van der Waals surface area contributed by atoms with Crippen molar-refractivity contribution in [2.45, 2.75) is 52.5 Å². The van der Waals surface area contributed by atoms with E-state index >= 15 is 0 Å². The van der Waals surface area contributed by atoms with E-state index in [9.17, 15) is 19.8 Å². The van der Waals surface area contributed by atoms with Gasteiger partial charge < -0.3 is 29.2 Å². The molecule has 0 aliphatic heterocycles. The molecule has 0 spiro atoms. The molecule has 0 aromatic carbocycles. The number of hydrogen-bond acceptors (Lipinski definition) is 8. The van der Waals surface area contributed by atoms with E-state index in [1.165, 1.54) is 27.7 Å². The number of aliphatic hydroxyl groups excluding tert-OH is 2. The Kier molecular flexibility index (Phi) is 10.1. The van der Waals surface area contributed by atoms with Crippen LogP contribution in [0, 0.1) is 0 Å². The number of carbonyl (C=O) groups is 2. The minimum Gasteiger partial charge on any atom is -0.430 e. The first-order valence-electron chi connectivity index (χ1n) is 7.38. The standard InChI is InChI=1S/C16H26O8/c1-9(2)13(19)23-15(11(5)17)21-7-8-22-16(12(6)18)24-14(20)10(3)4/h11-12,15-18H,1,3,7-8H2,2,4-6H3. The van der Waals surface area contributed by atoms with E-state index in [0.717, 1.165) is 0 Å². The van der Waals surface area contributed by atoms with Crippen molar-refractivity contribution in [3.63, 3.8) is 0 Å². The summed E-state index contributed by atoms with van der Waals surface area (Å²) in [6.07, 6.45) is -4.52. The van der Waals surface area contributed by atoms with Crippen LogP contribution in [0.4, 0.5) is 0 Å². The van der Waals surface area contributed by atoms with Crippen LogP contribution in [0.15, 0.2) is 24.3 Å². The summed E-state index contributed by atoms with van der Waals surface area (Å²) < 4.78 is 20.2. The number of hydrogen-bond donors (Lipinski definition) is 2. The summed E-state index contributed by atoms with van der Waals surface area (Å²) >= 11 is 0. The molecule has 0 bridgehead atoms. The molecule has 0 aromatic heterocycles. The third-order valence-corrected chi connectivity index (χ3v) is 2.58. The Morgan fingerprint density at radius 1 is 0.833 bits per heavy atom. The monoisotopic (exact) mass is 346 g/mol. The first-order chi connectivity index (χ1) is 11.1. The Balaban J connectivity index is 4.38. The molecule has 8 nitrogen and oxygen atoms in total. The van der Waals surface area contributed by atoms with Gasteiger partial charge in [-0.25, -0.2) is 9.59 Å². The van der Waals surface area contributed by atoms with Gasteiger partial charge in [0.1, 0.15) is 12.2 Å². The Labute approximate surface area is 141 Å². The first-order valence-corrected chi connectivity index (χ1v) is 7.38. The van der Waals surface area contributed by atoms with Crippen molar-refractivity contribution in [3.8, 4) is 0 Å². The average molecular weight is 346 g/mol. The van der Waals surface area contributed by atoms with Gasteiger partial charge >= 0.3 is 11.9 Å². The molecular formula is C16H26O8. The molecule has 0 aliphatic rings. The van der Waals surface area contributed by atoms with Crippen molar-refractivity contribution in [3.05, 3.63) is 24.3 Å². The van der Waals surface area contributed by atoms with E-state index < -0.39 is 36.7 Å². The predicted molar refractivity (Wildman–Crippen MR) is 84.7 cm³/mol. The van der Waals surface area contributed by atoms with Crippen LogP contribution in [0.5, 0.6) is 0 Å². The summed E-state index contributed by atoms with van der Waals surface area (Å²) in [6.45, 7) is 12.4. The molecule has 0 saturated carbocycles. The number of rotatable bonds is 11. The molecule has 0 aliphatic carbocycles. The molecule has 0 saturated heterocycles. The fourth-order valence-corrected chi connectivity index (χ4v) is 1.28. The summed E-state index contributed by atoms with van der Waals surface area (Å²) in [5, 5.41) is 19.1. The fourth-order valence-electron chi connectivity index (χ4n) is 1.28.